The van der Waals surface area contributed by atoms with Crippen molar-refractivity contribution in [3.05, 3.63) is 47.5 Å². The number of benzene rings is 2. The molecule has 0 radical (unpaired) electrons. The topological polar surface area (TPSA) is 83.1 Å². The molecule has 0 bridgehead atoms. The summed E-state index contributed by atoms with van der Waals surface area (Å²) in [5, 5.41) is 2.86. The van der Waals surface area contributed by atoms with Crippen molar-refractivity contribution in [2.24, 2.45) is 0 Å². The first kappa shape index (κ1) is 20.5. The number of hydrogen-bond acceptors (Lipinski definition) is 6. The second-order valence-electron chi connectivity index (χ2n) is 6.60. The Balaban J connectivity index is 1.43. The molecular formula is C22H25NO6. The number of rotatable bonds is 9. The van der Waals surface area contributed by atoms with E-state index in [0.717, 1.165) is 5.56 Å². The van der Waals surface area contributed by atoms with Crippen molar-refractivity contribution in [2.45, 2.75) is 25.8 Å². The number of carbonyl (C=O) groups is 2. The lowest BCUT2D eigenvalue weighted by atomic mass is 10.0. The largest absolute Gasteiger partial charge is 0.493 e. The quantitative estimate of drug-likeness (QED) is 0.653. The summed E-state index contributed by atoms with van der Waals surface area (Å²) in [5.41, 5.74) is 1.48. The average molecular weight is 399 g/mol. The van der Waals surface area contributed by atoms with Gasteiger partial charge in [-0.3, -0.25) is 9.59 Å². The van der Waals surface area contributed by atoms with Gasteiger partial charge in [0.1, 0.15) is 13.2 Å². The molecular weight excluding hydrogens is 374 g/mol. The highest BCUT2D eigenvalue weighted by atomic mass is 16.6. The minimum absolute atomic E-state index is 0.0188. The van der Waals surface area contributed by atoms with Crippen molar-refractivity contribution < 1.29 is 28.5 Å². The second-order valence-corrected chi connectivity index (χ2v) is 6.60. The molecule has 154 valence electrons. The molecule has 0 unspecified atom stereocenters. The predicted molar refractivity (Wildman–Crippen MR) is 107 cm³/mol. The van der Waals surface area contributed by atoms with E-state index in [4.69, 9.17) is 18.9 Å². The first-order valence-electron chi connectivity index (χ1n) is 9.51. The van der Waals surface area contributed by atoms with Crippen LogP contribution in [0, 0.1) is 0 Å². The van der Waals surface area contributed by atoms with Crippen molar-refractivity contribution in [1.82, 2.24) is 5.32 Å². The fourth-order valence-electron chi connectivity index (χ4n) is 3.05. The average Bonchev–Trinajstić information content (AvgIpc) is 2.76. The van der Waals surface area contributed by atoms with Crippen LogP contribution in [0.1, 0.15) is 35.2 Å². The highest BCUT2D eigenvalue weighted by Gasteiger charge is 2.15. The van der Waals surface area contributed by atoms with Crippen LogP contribution in [0.4, 0.5) is 0 Å². The van der Waals surface area contributed by atoms with Crippen LogP contribution in [0.2, 0.25) is 0 Å². The van der Waals surface area contributed by atoms with Gasteiger partial charge in [-0.25, -0.2) is 0 Å². The van der Waals surface area contributed by atoms with Crippen LogP contribution in [0.3, 0.4) is 0 Å². The zero-order valence-corrected chi connectivity index (χ0v) is 16.7. The molecule has 1 aliphatic rings. The number of fused-ring (bicyclic) bond motifs is 1. The summed E-state index contributed by atoms with van der Waals surface area (Å²) in [6.45, 7) is 1.37. The number of ketones is 1. The Morgan fingerprint density at radius 3 is 2.45 bits per heavy atom. The first-order chi connectivity index (χ1) is 14.1. The molecule has 29 heavy (non-hydrogen) atoms. The predicted octanol–water partition coefficient (Wildman–Crippen LogP) is 3.14. The summed E-state index contributed by atoms with van der Waals surface area (Å²) in [7, 11) is 3.14. The first-order valence-corrected chi connectivity index (χ1v) is 9.51. The molecule has 2 aromatic rings. The third-order valence-corrected chi connectivity index (χ3v) is 4.61. The van der Waals surface area contributed by atoms with Crippen molar-refractivity contribution in [3.63, 3.8) is 0 Å². The van der Waals surface area contributed by atoms with Crippen LogP contribution < -0.4 is 24.3 Å². The van der Waals surface area contributed by atoms with E-state index in [1.807, 2.05) is 12.1 Å². The molecule has 7 heteroatoms. The molecule has 0 spiro atoms. The Hall–Kier alpha value is -3.22. The lowest BCUT2D eigenvalue weighted by Gasteiger charge is -2.18. The number of amides is 1. The zero-order valence-electron chi connectivity index (χ0n) is 16.7. The molecule has 0 saturated carbocycles. The van der Waals surface area contributed by atoms with Gasteiger partial charge in [-0.1, -0.05) is 6.07 Å². The third kappa shape index (κ3) is 5.40. The smallest absolute Gasteiger partial charge is 0.220 e. The third-order valence-electron chi connectivity index (χ3n) is 4.61. The number of ether oxygens (including phenoxy) is 4. The molecule has 7 nitrogen and oxygen atoms in total. The van der Waals surface area contributed by atoms with E-state index < -0.39 is 0 Å². The summed E-state index contributed by atoms with van der Waals surface area (Å²) in [6.07, 6.45) is 1.05. The Kier molecular flexibility index (Phi) is 6.94. The standard InChI is InChI=1S/C22H25NO6/c1-26-18-8-6-15(12-20(18)27-2)14-23-22(25)5-3-4-17(24)16-7-9-19-21(13-16)29-11-10-28-19/h6-9,12-13H,3-5,10-11,14H2,1-2H3,(H,23,25). The maximum atomic E-state index is 12.4. The van der Waals surface area contributed by atoms with Gasteiger partial charge in [0.25, 0.3) is 0 Å². The Morgan fingerprint density at radius 2 is 1.69 bits per heavy atom. The fourth-order valence-corrected chi connectivity index (χ4v) is 3.05. The van der Waals surface area contributed by atoms with Crippen molar-refractivity contribution in [3.8, 4) is 23.0 Å². The van der Waals surface area contributed by atoms with Crippen LogP contribution in [0.15, 0.2) is 36.4 Å². The molecule has 0 aromatic heterocycles. The molecule has 1 N–H and O–H groups in total. The molecule has 0 saturated heterocycles. The Bertz CT molecular complexity index is 880. The van der Waals surface area contributed by atoms with Gasteiger partial charge in [-0.05, 0) is 42.3 Å². The number of Topliss-reactive ketones (excluding diaryl/α,β-unsaturated/α-hetero) is 1. The summed E-state index contributed by atoms with van der Waals surface area (Å²) >= 11 is 0. The molecule has 3 rings (SSSR count). The summed E-state index contributed by atoms with van der Waals surface area (Å²) in [5.74, 6) is 2.38. The zero-order chi connectivity index (χ0) is 20.6. The number of hydrogen-bond donors (Lipinski definition) is 1. The number of carbonyl (C=O) groups excluding carboxylic acids is 2. The van der Waals surface area contributed by atoms with E-state index in [-0.39, 0.29) is 18.1 Å². The highest BCUT2D eigenvalue weighted by Crippen LogP contribution is 2.31. The highest BCUT2D eigenvalue weighted by molar-refractivity contribution is 5.96. The summed E-state index contributed by atoms with van der Waals surface area (Å²) < 4.78 is 21.4. The molecule has 1 aliphatic heterocycles. The van der Waals surface area contributed by atoms with Crippen LogP contribution in [0.5, 0.6) is 23.0 Å². The lowest BCUT2D eigenvalue weighted by Crippen LogP contribution is -2.22. The van der Waals surface area contributed by atoms with Gasteiger partial charge in [-0.15, -0.1) is 0 Å². The minimum Gasteiger partial charge on any atom is -0.493 e. The van der Waals surface area contributed by atoms with Gasteiger partial charge >= 0.3 is 0 Å². The van der Waals surface area contributed by atoms with Crippen LogP contribution in [0.25, 0.3) is 0 Å². The van der Waals surface area contributed by atoms with E-state index in [1.165, 1.54) is 0 Å². The van der Waals surface area contributed by atoms with Crippen LogP contribution >= 0.6 is 0 Å². The minimum atomic E-state index is -0.102. The lowest BCUT2D eigenvalue weighted by molar-refractivity contribution is -0.121. The van der Waals surface area contributed by atoms with Gasteiger partial charge < -0.3 is 24.3 Å². The number of methoxy groups -OCH3 is 2. The molecule has 2 aromatic carbocycles. The van der Waals surface area contributed by atoms with Gasteiger partial charge in [0.15, 0.2) is 28.8 Å². The van der Waals surface area contributed by atoms with Gasteiger partial charge in [0.2, 0.25) is 5.91 Å². The summed E-state index contributed by atoms with van der Waals surface area (Å²) in [4.78, 5) is 24.5. The van der Waals surface area contributed by atoms with E-state index in [1.54, 1.807) is 38.5 Å². The van der Waals surface area contributed by atoms with E-state index in [0.29, 0.717) is 61.2 Å². The number of nitrogens with one attached hydrogen (secondary N) is 1. The van der Waals surface area contributed by atoms with Crippen LogP contribution in [-0.4, -0.2) is 39.1 Å². The van der Waals surface area contributed by atoms with Crippen molar-refractivity contribution in [1.29, 1.82) is 0 Å². The normalized spacial score (nSPS) is 12.2. The second kappa shape index (κ2) is 9.82. The Morgan fingerprint density at radius 1 is 0.931 bits per heavy atom. The SMILES string of the molecule is COc1ccc(CNC(=O)CCCC(=O)c2ccc3c(c2)OCCO3)cc1OC. The summed E-state index contributed by atoms with van der Waals surface area (Å²) in [6, 6.07) is 10.7. The Labute approximate surface area is 169 Å². The monoisotopic (exact) mass is 399 g/mol. The van der Waals surface area contributed by atoms with E-state index in [2.05, 4.69) is 5.32 Å². The molecule has 1 amide bonds. The van der Waals surface area contributed by atoms with Gasteiger partial charge in [0, 0.05) is 24.9 Å². The van der Waals surface area contributed by atoms with Gasteiger partial charge in [0.05, 0.1) is 14.2 Å². The fraction of sp³-hybridized carbons (Fsp3) is 0.364. The molecule has 0 atom stereocenters. The van der Waals surface area contributed by atoms with Gasteiger partial charge in [-0.2, -0.15) is 0 Å². The van der Waals surface area contributed by atoms with Crippen molar-refractivity contribution >= 4 is 11.7 Å². The van der Waals surface area contributed by atoms with E-state index in [9.17, 15) is 9.59 Å². The maximum absolute atomic E-state index is 12.4. The van der Waals surface area contributed by atoms with Crippen molar-refractivity contribution in [2.75, 3.05) is 27.4 Å². The van der Waals surface area contributed by atoms with E-state index >= 15 is 0 Å². The molecule has 0 aliphatic carbocycles. The van der Waals surface area contributed by atoms with Crippen LogP contribution in [-0.2, 0) is 11.3 Å². The molecule has 1 heterocycles. The molecule has 0 fully saturated rings. The maximum Gasteiger partial charge on any atom is 0.220 e.